The molecule has 5 nitrogen and oxygen atoms in total. The number of aromatic nitrogens is 2. The Bertz CT molecular complexity index is 647. The fraction of sp³-hybridized carbons (Fsp3) is 0.333. The fourth-order valence-electron chi connectivity index (χ4n) is 2.07. The number of anilines is 1. The summed E-state index contributed by atoms with van der Waals surface area (Å²) in [6.45, 7) is 4.70. The van der Waals surface area contributed by atoms with Gasteiger partial charge in [-0.05, 0) is 41.9 Å². The molecular weight excluding hydrogens is 334 g/mol. The van der Waals surface area contributed by atoms with E-state index < -0.39 is 0 Å². The molecule has 1 aromatic heterocycles. The molecule has 21 heavy (non-hydrogen) atoms. The van der Waals surface area contributed by atoms with Crippen LogP contribution in [-0.4, -0.2) is 30.7 Å². The Kier molecular flexibility index (Phi) is 5.01. The van der Waals surface area contributed by atoms with Crippen LogP contribution in [0, 0.1) is 6.92 Å². The Morgan fingerprint density at radius 3 is 2.57 bits per heavy atom. The van der Waals surface area contributed by atoms with Gasteiger partial charge in [0.1, 0.15) is 27.6 Å². The Hall–Kier alpha value is -1.82. The molecule has 1 N–H and O–H groups in total. The van der Waals surface area contributed by atoms with Crippen molar-refractivity contribution in [3.63, 3.8) is 0 Å². The van der Waals surface area contributed by atoms with Crippen LogP contribution in [0.3, 0.4) is 0 Å². The van der Waals surface area contributed by atoms with Gasteiger partial charge >= 0.3 is 0 Å². The Morgan fingerprint density at radius 1 is 1.19 bits per heavy atom. The standard InChI is InChI=1S/C15H18BrN3O2/c1-5-17-13-8-11(18-9(2)19-13)10-6-7-12(20-3)14(16)15(10)21-4/h6-8H,5H2,1-4H3,(H,17,18,19). The van der Waals surface area contributed by atoms with Gasteiger partial charge < -0.3 is 14.8 Å². The van der Waals surface area contributed by atoms with Crippen molar-refractivity contribution in [1.29, 1.82) is 0 Å². The molecule has 0 aliphatic heterocycles. The minimum Gasteiger partial charge on any atom is -0.495 e. The van der Waals surface area contributed by atoms with Crippen molar-refractivity contribution in [3.05, 3.63) is 28.5 Å². The van der Waals surface area contributed by atoms with Crippen molar-refractivity contribution >= 4 is 21.7 Å². The third-order valence-corrected chi connectivity index (χ3v) is 3.71. The number of nitrogens with zero attached hydrogens (tertiary/aromatic N) is 2. The summed E-state index contributed by atoms with van der Waals surface area (Å²) < 4.78 is 11.6. The molecule has 2 rings (SSSR count). The summed E-state index contributed by atoms with van der Waals surface area (Å²) in [5.41, 5.74) is 1.69. The van der Waals surface area contributed by atoms with Crippen LogP contribution in [0.15, 0.2) is 22.7 Å². The van der Waals surface area contributed by atoms with E-state index >= 15 is 0 Å². The second-order valence-corrected chi connectivity index (χ2v) is 5.17. The van der Waals surface area contributed by atoms with E-state index in [0.29, 0.717) is 17.3 Å². The van der Waals surface area contributed by atoms with Crippen molar-refractivity contribution in [2.75, 3.05) is 26.1 Å². The van der Waals surface area contributed by atoms with Crippen molar-refractivity contribution in [2.24, 2.45) is 0 Å². The summed E-state index contributed by atoms with van der Waals surface area (Å²) in [6.07, 6.45) is 0. The molecule has 0 amide bonds. The molecule has 0 aliphatic rings. The van der Waals surface area contributed by atoms with Gasteiger partial charge in [0.15, 0.2) is 0 Å². The number of aryl methyl sites for hydroxylation is 1. The van der Waals surface area contributed by atoms with Crippen LogP contribution in [0.5, 0.6) is 11.5 Å². The molecule has 0 spiro atoms. The number of nitrogens with one attached hydrogen (secondary N) is 1. The fourth-order valence-corrected chi connectivity index (χ4v) is 2.74. The molecular formula is C15H18BrN3O2. The lowest BCUT2D eigenvalue weighted by atomic mass is 10.1. The van der Waals surface area contributed by atoms with Crippen LogP contribution in [0.25, 0.3) is 11.3 Å². The average Bonchev–Trinajstić information content (AvgIpc) is 2.46. The number of ether oxygens (including phenoxy) is 2. The molecule has 1 heterocycles. The third kappa shape index (κ3) is 3.26. The molecule has 2 aromatic rings. The largest absolute Gasteiger partial charge is 0.495 e. The van der Waals surface area contributed by atoms with Crippen LogP contribution in [-0.2, 0) is 0 Å². The van der Waals surface area contributed by atoms with Gasteiger partial charge in [-0.15, -0.1) is 0 Å². The lowest BCUT2D eigenvalue weighted by Crippen LogP contribution is -2.03. The van der Waals surface area contributed by atoms with Gasteiger partial charge in [-0.3, -0.25) is 0 Å². The van der Waals surface area contributed by atoms with E-state index in [2.05, 4.69) is 31.2 Å². The number of hydrogen-bond acceptors (Lipinski definition) is 5. The molecule has 0 unspecified atom stereocenters. The second-order valence-electron chi connectivity index (χ2n) is 4.38. The van der Waals surface area contributed by atoms with E-state index in [9.17, 15) is 0 Å². The van der Waals surface area contributed by atoms with Gasteiger partial charge in [-0.25, -0.2) is 9.97 Å². The maximum atomic E-state index is 5.51. The summed E-state index contributed by atoms with van der Waals surface area (Å²) >= 11 is 3.51. The first-order valence-electron chi connectivity index (χ1n) is 6.61. The van der Waals surface area contributed by atoms with Crippen LogP contribution < -0.4 is 14.8 Å². The first-order valence-corrected chi connectivity index (χ1v) is 7.40. The zero-order valence-electron chi connectivity index (χ0n) is 12.5. The van der Waals surface area contributed by atoms with E-state index in [0.717, 1.165) is 28.1 Å². The van der Waals surface area contributed by atoms with Crippen molar-refractivity contribution in [1.82, 2.24) is 9.97 Å². The number of rotatable bonds is 5. The lowest BCUT2D eigenvalue weighted by Gasteiger charge is -2.14. The first kappa shape index (κ1) is 15.6. The van der Waals surface area contributed by atoms with Gasteiger partial charge in [0.2, 0.25) is 0 Å². The highest BCUT2D eigenvalue weighted by atomic mass is 79.9. The van der Waals surface area contributed by atoms with Gasteiger partial charge in [-0.1, -0.05) is 0 Å². The van der Waals surface area contributed by atoms with E-state index in [1.165, 1.54) is 0 Å². The molecule has 1 aromatic carbocycles. The van der Waals surface area contributed by atoms with Crippen LogP contribution in [0.1, 0.15) is 12.7 Å². The van der Waals surface area contributed by atoms with Gasteiger partial charge in [-0.2, -0.15) is 0 Å². The van der Waals surface area contributed by atoms with Crippen molar-refractivity contribution < 1.29 is 9.47 Å². The molecule has 112 valence electrons. The molecule has 0 bridgehead atoms. The van der Waals surface area contributed by atoms with Crippen LogP contribution in [0.4, 0.5) is 5.82 Å². The Balaban J connectivity index is 2.58. The maximum absolute atomic E-state index is 5.51. The summed E-state index contributed by atoms with van der Waals surface area (Å²) in [5, 5.41) is 3.20. The second kappa shape index (κ2) is 6.76. The van der Waals surface area contributed by atoms with Crippen LogP contribution >= 0.6 is 15.9 Å². The van der Waals surface area contributed by atoms with Crippen molar-refractivity contribution in [3.8, 4) is 22.8 Å². The van der Waals surface area contributed by atoms with Gasteiger partial charge in [0.05, 0.1) is 19.9 Å². The predicted octanol–water partition coefficient (Wildman–Crippen LogP) is 3.66. The highest BCUT2D eigenvalue weighted by Crippen LogP contribution is 2.41. The summed E-state index contributed by atoms with van der Waals surface area (Å²) in [4.78, 5) is 8.86. The first-order chi connectivity index (χ1) is 10.1. The van der Waals surface area contributed by atoms with Gasteiger partial charge in [0, 0.05) is 18.2 Å². The monoisotopic (exact) mass is 351 g/mol. The minimum absolute atomic E-state index is 0.690. The summed E-state index contributed by atoms with van der Waals surface area (Å²) in [5.74, 6) is 2.91. The molecule has 0 atom stereocenters. The quantitative estimate of drug-likeness (QED) is 0.890. The Labute approximate surface area is 132 Å². The normalized spacial score (nSPS) is 10.3. The smallest absolute Gasteiger partial charge is 0.146 e. The van der Waals surface area contributed by atoms with E-state index in [4.69, 9.17) is 9.47 Å². The third-order valence-electron chi connectivity index (χ3n) is 2.96. The van der Waals surface area contributed by atoms with Crippen LogP contribution in [0.2, 0.25) is 0 Å². The molecule has 0 fully saturated rings. The molecule has 0 saturated carbocycles. The van der Waals surface area contributed by atoms with Crippen molar-refractivity contribution in [2.45, 2.75) is 13.8 Å². The topological polar surface area (TPSA) is 56.3 Å². The molecule has 0 aliphatic carbocycles. The predicted molar refractivity (Wildman–Crippen MR) is 87.2 cm³/mol. The Morgan fingerprint density at radius 2 is 1.95 bits per heavy atom. The van der Waals surface area contributed by atoms with E-state index in [1.54, 1.807) is 14.2 Å². The molecule has 6 heteroatoms. The SMILES string of the molecule is CCNc1cc(-c2ccc(OC)c(Br)c2OC)nc(C)n1. The molecule has 0 radical (unpaired) electrons. The number of methoxy groups -OCH3 is 2. The zero-order chi connectivity index (χ0) is 15.4. The lowest BCUT2D eigenvalue weighted by molar-refractivity contribution is 0.390. The zero-order valence-corrected chi connectivity index (χ0v) is 14.1. The maximum Gasteiger partial charge on any atom is 0.146 e. The number of hydrogen-bond donors (Lipinski definition) is 1. The van der Waals surface area contributed by atoms with E-state index in [-0.39, 0.29) is 0 Å². The number of halogens is 1. The van der Waals surface area contributed by atoms with Gasteiger partial charge in [0.25, 0.3) is 0 Å². The molecule has 0 saturated heterocycles. The van der Waals surface area contributed by atoms with E-state index in [1.807, 2.05) is 32.0 Å². The highest BCUT2D eigenvalue weighted by Gasteiger charge is 2.16. The minimum atomic E-state index is 0.690. The summed E-state index contributed by atoms with van der Waals surface area (Å²) in [7, 11) is 3.25. The highest BCUT2D eigenvalue weighted by molar-refractivity contribution is 9.10. The number of benzene rings is 1. The average molecular weight is 352 g/mol. The summed E-state index contributed by atoms with van der Waals surface area (Å²) in [6, 6.07) is 5.72.